The Morgan fingerprint density at radius 1 is 1.26 bits per heavy atom. The van der Waals surface area contributed by atoms with Crippen molar-refractivity contribution in [2.45, 2.75) is 38.6 Å². The normalized spacial score (nSPS) is 16.4. The summed E-state index contributed by atoms with van der Waals surface area (Å²) in [6.45, 7) is 5.22. The molecular weight excluding hydrogens is 238 g/mol. The summed E-state index contributed by atoms with van der Waals surface area (Å²) in [6, 6.07) is 7.89. The molecule has 1 saturated carbocycles. The molecule has 0 bridgehead atoms. The Morgan fingerprint density at radius 2 is 1.84 bits per heavy atom. The van der Waals surface area contributed by atoms with Gasteiger partial charge in [0, 0.05) is 0 Å². The zero-order valence-corrected chi connectivity index (χ0v) is 12.0. The van der Waals surface area contributed by atoms with E-state index in [1.807, 2.05) is 12.1 Å². The molecule has 19 heavy (non-hydrogen) atoms. The summed E-state index contributed by atoms with van der Waals surface area (Å²) in [7, 11) is 1.44. The third kappa shape index (κ3) is 3.80. The maximum Gasteiger partial charge on any atom is 0.327 e. The van der Waals surface area contributed by atoms with Crippen LogP contribution in [0.4, 0.5) is 0 Å². The van der Waals surface area contributed by atoms with Crippen LogP contribution < -0.4 is 5.32 Å². The van der Waals surface area contributed by atoms with Crippen molar-refractivity contribution in [2.75, 3.05) is 13.7 Å². The highest BCUT2D eigenvalue weighted by Crippen LogP contribution is 2.29. The van der Waals surface area contributed by atoms with Gasteiger partial charge in [-0.2, -0.15) is 0 Å². The lowest BCUT2D eigenvalue weighted by Gasteiger charge is -2.17. The minimum absolute atomic E-state index is 0.210. The van der Waals surface area contributed by atoms with Crippen LogP contribution in [0.2, 0.25) is 0 Å². The average Bonchev–Trinajstić information content (AvgIpc) is 3.23. The number of methoxy groups -OCH3 is 1. The predicted octanol–water partition coefficient (Wildman–Crippen LogP) is 3.02. The van der Waals surface area contributed by atoms with Gasteiger partial charge in [-0.25, -0.2) is 4.79 Å². The van der Waals surface area contributed by atoms with Gasteiger partial charge in [0.05, 0.1) is 7.11 Å². The number of nitrogens with one attached hydrogen (secondary N) is 1. The van der Waals surface area contributed by atoms with Crippen molar-refractivity contribution in [3.05, 3.63) is 35.4 Å². The first-order chi connectivity index (χ1) is 9.11. The van der Waals surface area contributed by atoms with Crippen LogP contribution in [0.25, 0.3) is 0 Å². The van der Waals surface area contributed by atoms with Crippen LogP contribution in [0.5, 0.6) is 0 Å². The van der Waals surface area contributed by atoms with Crippen LogP contribution in [0.15, 0.2) is 24.3 Å². The molecule has 104 valence electrons. The van der Waals surface area contributed by atoms with Crippen molar-refractivity contribution in [1.29, 1.82) is 0 Å². The van der Waals surface area contributed by atoms with E-state index in [4.69, 9.17) is 4.74 Å². The van der Waals surface area contributed by atoms with Crippen molar-refractivity contribution in [1.82, 2.24) is 5.32 Å². The molecule has 0 spiro atoms. The van der Waals surface area contributed by atoms with E-state index in [0.29, 0.717) is 5.92 Å². The molecule has 3 nitrogen and oxygen atoms in total. The Bertz CT molecular complexity index is 421. The number of carbonyl (C=O) groups excluding carboxylic acids is 1. The minimum atomic E-state index is -0.341. The van der Waals surface area contributed by atoms with E-state index in [2.05, 4.69) is 31.3 Å². The number of ether oxygens (including phenoxy) is 1. The predicted molar refractivity (Wildman–Crippen MR) is 76.0 cm³/mol. The molecule has 1 aromatic rings. The summed E-state index contributed by atoms with van der Waals surface area (Å²) in [5.41, 5.74) is 2.27. The SMILES string of the molecule is COC(=O)C(NCC1CC1)c1ccc(C(C)C)cc1. The zero-order chi connectivity index (χ0) is 13.8. The topological polar surface area (TPSA) is 38.3 Å². The van der Waals surface area contributed by atoms with Gasteiger partial charge in [0.1, 0.15) is 6.04 Å². The molecule has 1 fully saturated rings. The Kier molecular flexibility index (Phi) is 4.59. The molecule has 1 N–H and O–H groups in total. The molecule has 1 aromatic carbocycles. The van der Waals surface area contributed by atoms with E-state index >= 15 is 0 Å². The van der Waals surface area contributed by atoms with Crippen molar-refractivity contribution in [3.8, 4) is 0 Å². The highest BCUT2D eigenvalue weighted by atomic mass is 16.5. The van der Waals surface area contributed by atoms with Crippen LogP contribution in [0.3, 0.4) is 0 Å². The number of hydrogen-bond acceptors (Lipinski definition) is 3. The van der Waals surface area contributed by atoms with Gasteiger partial charge < -0.3 is 10.1 Å². The fourth-order valence-electron chi connectivity index (χ4n) is 2.13. The van der Waals surface area contributed by atoms with Crippen molar-refractivity contribution >= 4 is 5.97 Å². The first kappa shape index (κ1) is 14.1. The molecule has 0 saturated heterocycles. The zero-order valence-electron chi connectivity index (χ0n) is 12.0. The Hall–Kier alpha value is -1.35. The van der Waals surface area contributed by atoms with Crippen LogP contribution in [0.1, 0.15) is 49.8 Å². The molecule has 2 rings (SSSR count). The van der Waals surface area contributed by atoms with E-state index in [1.54, 1.807) is 0 Å². The second-order valence-corrected chi connectivity index (χ2v) is 5.63. The van der Waals surface area contributed by atoms with Crippen LogP contribution in [-0.4, -0.2) is 19.6 Å². The van der Waals surface area contributed by atoms with Crippen LogP contribution in [-0.2, 0) is 9.53 Å². The Labute approximate surface area is 115 Å². The molecule has 0 radical (unpaired) electrons. The molecule has 1 unspecified atom stereocenters. The summed E-state index contributed by atoms with van der Waals surface area (Å²) >= 11 is 0. The third-order valence-electron chi connectivity index (χ3n) is 3.68. The first-order valence-corrected chi connectivity index (χ1v) is 7.03. The number of esters is 1. The first-order valence-electron chi connectivity index (χ1n) is 7.03. The summed E-state index contributed by atoms with van der Waals surface area (Å²) in [4.78, 5) is 11.9. The van der Waals surface area contributed by atoms with E-state index in [1.165, 1.54) is 25.5 Å². The molecule has 0 heterocycles. The van der Waals surface area contributed by atoms with Gasteiger partial charge in [0.25, 0.3) is 0 Å². The fraction of sp³-hybridized carbons (Fsp3) is 0.562. The molecule has 0 aliphatic heterocycles. The number of rotatable bonds is 6. The van der Waals surface area contributed by atoms with Crippen molar-refractivity contribution < 1.29 is 9.53 Å². The quantitative estimate of drug-likeness (QED) is 0.800. The second kappa shape index (κ2) is 6.20. The lowest BCUT2D eigenvalue weighted by atomic mass is 9.99. The number of hydrogen-bond donors (Lipinski definition) is 1. The minimum Gasteiger partial charge on any atom is -0.468 e. The molecule has 0 amide bonds. The number of benzene rings is 1. The lowest BCUT2D eigenvalue weighted by molar-refractivity contribution is -0.143. The average molecular weight is 261 g/mol. The summed E-state index contributed by atoms with van der Waals surface area (Å²) in [5.74, 6) is 1.03. The largest absolute Gasteiger partial charge is 0.468 e. The van der Waals surface area contributed by atoms with Gasteiger partial charge in [-0.15, -0.1) is 0 Å². The fourth-order valence-corrected chi connectivity index (χ4v) is 2.13. The molecule has 0 aromatic heterocycles. The number of carbonyl (C=O) groups is 1. The maximum atomic E-state index is 11.9. The lowest BCUT2D eigenvalue weighted by Crippen LogP contribution is -2.31. The van der Waals surface area contributed by atoms with E-state index < -0.39 is 0 Å². The highest BCUT2D eigenvalue weighted by Gasteiger charge is 2.26. The van der Waals surface area contributed by atoms with Gasteiger partial charge in [-0.3, -0.25) is 0 Å². The standard InChI is InChI=1S/C16H23NO2/c1-11(2)13-6-8-14(9-7-13)15(16(18)19-3)17-10-12-4-5-12/h6-9,11-12,15,17H,4-5,10H2,1-3H3. The third-order valence-corrected chi connectivity index (χ3v) is 3.68. The summed E-state index contributed by atoms with van der Waals surface area (Å²) in [6.07, 6.45) is 2.54. The molecule has 1 aliphatic rings. The molecule has 1 aliphatic carbocycles. The monoisotopic (exact) mass is 261 g/mol. The highest BCUT2D eigenvalue weighted by molar-refractivity contribution is 5.77. The second-order valence-electron chi connectivity index (χ2n) is 5.63. The molecular formula is C16H23NO2. The van der Waals surface area contributed by atoms with Gasteiger partial charge in [-0.1, -0.05) is 38.1 Å². The maximum absolute atomic E-state index is 11.9. The summed E-state index contributed by atoms with van der Waals surface area (Å²) < 4.78 is 4.90. The Morgan fingerprint density at radius 3 is 2.32 bits per heavy atom. The summed E-state index contributed by atoms with van der Waals surface area (Å²) in [5, 5.41) is 3.32. The van der Waals surface area contributed by atoms with Gasteiger partial charge in [-0.05, 0) is 42.3 Å². The van der Waals surface area contributed by atoms with E-state index in [9.17, 15) is 4.79 Å². The van der Waals surface area contributed by atoms with Gasteiger partial charge in [0.2, 0.25) is 0 Å². The van der Waals surface area contributed by atoms with E-state index in [0.717, 1.165) is 18.0 Å². The van der Waals surface area contributed by atoms with Gasteiger partial charge >= 0.3 is 5.97 Å². The van der Waals surface area contributed by atoms with Crippen LogP contribution in [0, 0.1) is 5.92 Å². The van der Waals surface area contributed by atoms with Crippen molar-refractivity contribution in [3.63, 3.8) is 0 Å². The van der Waals surface area contributed by atoms with E-state index in [-0.39, 0.29) is 12.0 Å². The molecule has 3 heteroatoms. The van der Waals surface area contributed by atoms with Crippen LogP contribution >= 0.6 is 0 Å². The van der Waals surface area contributed by atoms with Gasteiger partial charge in [0.15, 0.2) is 0 Å². The van der Waals surface area contributed by atoms with Crippen molar-refractivity contribution in [2.24, 2.45) is 5.92 Å². The smallest absolute Gasteiger partial charge is 0.327 e. The molecule has 1 atom stereocenters. The Balaban J connectivity index is 2.08.